The van der Waals surface area contributed by atoms with Gasteiger partial charge in [0, 0.05) is 18.1 Å². The van der Waals surface area contributed by atoms with Gasteiger partial charge >= 0.3 is 0 Å². The van der Waals surface area contributed by atoms with Gasteiger partial charge in [-0.15, -0.1) is 0 Å². The summed E-state index contributed by atoms with van der Waals surface area (Å²) in [5.74, 6) is -0.399. The SMILES string of the molecule is CS(=O)(=O)c1cc(NC(=O)c2cnn(-c3ccccc3)c2)ccc1Cl. The minimum absolute atomic E-state index is 0.0352. The molecule has 0 atom stereocenters. The molecule has 0 unspecified atom stereocenters. The monoisotopic (exact) mass is 375 g/mol. The van der Waals surface area contributed by atoms with Crippen LogP contribution in [0.1, 0.15) is 10.4 Å². The fraction of sp³-hybridized carbons (Fsp3) is 0.0588. The van der Waals surface area contributed by atoms with Crippen molar-refractivity contribution in [3.8, 4) is 5.69 Å². The average Bonchev–Trinajstić information content (AvgIpc) is 3.06. The largest absolute Gasteiger partial charge is 0.322 e. The Labute approximate surface area is 150 Å². The number of halogens is 1. The highest BCUT2D eigenvalue weighted by molar-refractivity contribution is 7.90. The number of anilines is 1. The van der Waals surface area contributed by atoms with Crippen molar-refractivity contribution in [2.24, 2.45) is 0 Å². The molecule has 0 fully saturated rings. The smallest absolute Gasteiger partial charge is 0.258 e. The Morgan fingerprint density at radius 3 is 2.56 bits per heavy atom. The Bertz CT molecular complexity index is 1030. The molecule has 8 heteroatoms. The molecular weight excluding hydrogens is 362 g/mol. The molecule has 0 saturated heterocycles. The minimum atomic E-state index is -3.49. The number of carbonyl (C=O) groups excluding carboxylic acids is 1. The number of nitrogens with one attached hydrogen (secondary N) is 1. The fourth-order valence-electron chi connectivity index (χ4n) is 2.23. The number of para-hydroxylation sites is 1. The molecule has 1 heterocycles. The van der Waals surface area contributed by atoms with E-state index in [9.17, 15) is 13.2 Å². The summed E-state index contributed by atoms with van der Waals surface area (Å²) in [6, 6.07) is 13.7. The molecule has 0 saturated carbocycles. The Kier molecular flexibility index (Phi) is 4.61. The molecule has 0 bridgehead atoms. The summed E-state index contributed by atoms with van der Waals surface area (Å²) in [5, 5.41) is 6.91. The van der Waals surface area contributed by atoms with Gasteiger partial charge in [-0.25, -0.2) is 13.1 Å². The van der Waals surface area contributed by atoms with E-state index >= 15 is 0 Å². The van der Waals surface area contributed by atoms with Gasteiger partial charge in [0.15, 0.2) is 9.84 Å². The first-order valence-corrected chi connectivity index (χ1v) is 9.52. The number of hydrogen-bond acceptors (Lipinski definition) is 4. The van der Waals surface area contributed by atoms with E-state index in [-0.39, 0.29) is 9.92 Å². The predicted octanol–water partition coefficient (Wildman–Crippen LogP) is 3.18. The van der Waals surface area contributed by atoms with E-state index in [1.165, 1.54) is 24.4 Å². The van der Waals surface area contributed by atoms with Crippen molar-refractivity contribution in [1.82, 2.24) is 9.78 Å². The Balaban J connectivity index is 1.83. The molecule has 128 valence electrons. The third-order valence-electron chi connectivity index (χ3n) is 3.45. The quantitative estimate of drug-likeness (QED) is 0.759. The van der Waals surface area contributed by atoms with Gasteiger partial charge < -0.3 is 5.32 Å². The normalized spacial score (nSPS) is 11.3. The lowest BCUT2D eigenvalue weighted by Crippen LogP contribution is -2.11. The summed E-state index contributed by atoms with van der Waals surface area (Å²) in [5.41, 5.74) is 1.51. The summed E-state index contributed by atoms with van der Waals surface area (Å²) in [6.07, 6.45) is 4.09. The highest BCUT2D eigenvalue weighted by Crippen LogP contribution is 2.25. The van der Waals surface area contributed by atoms with E-state index in [1.54, 1.807) is 10.9 Å². The zero-order valence-electron chi connectivity index (χ0n) is 13.2. The molecule has 2 aromatic carbocycles. The van der Waals surface area contributed by atoms with Crippen molar-refractivity contribution in [3.63, 3.8) is 0 Å². The Morgan fingerprint density at radius 1 is 1.16 bits per heavy atom. The summed E-state index contributed by atoms with van der Waals surface area (Å²) < 4.78 is 25.0. The Morgan fingerprint density at radius 2 is 1.88 bits per heavy atom. The minimum Gasteiger partial charge on any atom is -0.322 e. The number of nitrogens with zero attached hydrogens (tertiary/aromatic N) is 2. The zero-order valence-corrected chi connectivity index (χ0v) is 14.8. The van der Waals surface area contributed by atoms with Gasteiger partial charge in [-0.2, -0.15) is 5.10 Å². The van der Waals surface area contributed by atoms with E-state index in [1.807, 2.05) is 30.3 Å². The van der Waals surface area contributed by atoms with Crippen LogP contribution in [0.3, 0.4) is 0 Å². The highest BCUT2D eigenvalue weighted by Gasteiger charge is 2.15. The lowest BCUT2D eigenvalue weighted by molar-refractivity contribution is 0.102. The summed E-state index contributed by atoms with van der Waals surface area (Å²) in [6.45, 7) is 0. The first kappa shape index (κ1) is 17.2. The molecule has 3 aromatic rings. The predicted molar refractivity (Wildman–Crippen MR) is 96.1 cm³/mol. The number of sulfone groups is 1. The van der Waals surface area contributed by atoms with Crippen molar-refractivity contribution in [1.29, 1.82) is 0 Å². The molecule has 0 aliphatic heterocycles. The van der Waals surface area contributed by atoms with Gasteiger partial charge in [-0.05, 0) is 30.3 Å². The molecule has 0 aliphatic rings. The van der Waals surface area contributed by atoms with Crippen LogP contribution in [0.15, 0.2) is 65.8 Å². The summed E-state index contributed by atoms with van der Waals surface area (Å²) in [7, 11) is -3.49. The molecule has 0 spiro atoms. The molecule has 1 aromatic heterocycles. The van der Waals surface area contributed by atoms with Crippen molar-refractivity contribution in [3.05, 3.63) is 71.5 Å². The maximum Gasteiger partial charge on any atom is 0.258 e. The van der Waals surface area contributed by atoms with Crippen LogP contribution >= 0.6 is 11.6 Å². The maximum atomic E-state index is 12.4. The topological polar surface area (TPSA) is 81.1 Å². The number of aromatic nitrogens is 2. The third-order valence-corrected chi connectivity index (χ3v) is 5.03. The average molecular weight is 376 g/mol. The van der Waals surface area contributed by atoms with E-state index in [2.05, 4.69) is 10.4 Å². The van der Waals surface area contributed by atoms with E-state index in [0.29, 0.717) is 11.3 Å². The van der Waals surface area contributed by atoms with Crippen molar-refractivity contribution >= 4 is 33.0 Å². The summed E-state index contributed by atoms with van der Waals surface area (Å²) in [4.78, 5) is 12.3. The lowest BCUT2D eigenvalue weighted by Gasteiger charge is -2.07. The van der Waals surface area contributed by atoms with Crippen LogP contribution in [-0.2, 0) is 9.84 Å². The number of hydrogen-bond donors (Lipinski definition) is 1. The molecule has 6 nitrogen and oxygen atoms in total. The molecule has 0 radical (unpaired) electrons. The van der Waals surface area contributed by atoms with Crippen LogP contribution in [0.25, 0.3) is 5.69 Å². The van der Waals surface area contributed by atoms with Crippen LogP contribution < -0.4 is 5.32 Å². The number of rotatable bonds is 4. The van der Waals surface area contributed by atoms with Gasteiger partial charge in [0.05, 0.1) is 27.4 Å². The third kappa shape index (κ3) is 3.89. The first-order valence-electron chi connectivity index (χ1n) is 7.25. The van der Waals surface area contributed by atoms with Crippen LogP contribution in [0.4, 0.5) is 5.69 Å². The molecule has 3 rings (SSSR count). The fourth-order valence-corrected chi connectivity index (χ4v) is 3.53. The van der Waals surface area contributed by atoms with E-state index in [0.717, 1.165) is 11.9 Å². The second-order valence-electron chi connectivity index (χ2n) is 5.38. The van der Waals surface area contributed by atoms with E-state index in [4.69, 9.17) is 11.6 Å². The van der Waals surface area contributed by atoms with Gasteiger partial charge in [0.2, 0.25) is 0 Å². The van der Waals surface area contributed by atoms with Gasteiger partial charge in [0.1, 0.15) is 0 Å². The lowest BCUT2D eigenvalue weighted by atomic mass is 10.3. The van der Waals surface area contributed by atoms with Crippen molar-refractivity contribution in [2.45, 2.75) is 4.90 Å². The molecule has 1 amide bonds. The van der Waals surface area contributed by atoms with Crippen LogP contribution in [0.5, 0.6) is 0 Å². The van der Waals surface area contributed by atoms with Crippen LogP contribution in [0, 0.1) is 0 Å². The maximum absolute atomic E-state index is 12.4. The second kappa shape index (κ2) is 6.70. The Hall–Kier alpha value is -2.64. The number of carbonyl (C=O) groups is 1. The van der Waals surface area contributed by atoms with Gasteiger partial charge in [0.25, 0.3) is 5.91 Å². The molecule has 0 aliphatic carbocycles. The highest BCUT2D eigenvalue weighted by atomic mass is 35.5. The van der Waals surface area contributed by atoms with E-state index < -0.39 is 15.7 Å². The summed E-state index contributed by atoms with van der Waals surface area (Å²) >= 11 is 5.90. The van der Waals surface area contributed by atoms with Crippen LogP contribution in [0.2, 0.25) is 5.02 Å². The van der Waals surface area contributed by atoms with Gasteiger partial charge in [-0.1, -0.05) is 29.8 Å². The first-order chi connectivity index (χ1) is 11.8. The van der Waals surface area contributed by atoms with Crippen LogP contribution in [-0.4, -0.2) is 30.4 Å². The molecular formula is C17H14ClN3O3S. The number of amides is 1. The standard InChI is InChI=1S/C17H14ClN3O3S/c1-25(23,24)16-9-13(7-8-15(16)18)20-17(22)12-10-19-21(11-12)14-5-3-2-4-6-14/h2-11H,1H3,(H,20,22). The van der Waals surface area contributed by atoms with Gasteiger partial charge in [-0.3, -0.25) is 4.79 Å². The van der Waals surface area contributed by atoms with Crippen molar-refractivity contribution in [2.75, 3.05) is 11.6 Å². The molecule has 25 heavy (non-hydrogen) atoms. The molecule has 1 N–H and O–H groups in total. The zero-order chi connectivity index (χ0) is 18.0. The number of benzene rings is 2. The van der Waals surface area contributed by atoms with Crippen molar-refractivity contribution < 1.29 is 13.2 Å². The second-order valence-corrected chi connectivity index (χ2v) is 7.77.